The lowest BCUT2D eigenvalue weighted by molar-refractivity contribution is -0.117. The monoisotopic (exact) mass is 262 g/mol. The Hall–Kier alpha value is -2.27. The highest BCUT2D eigenvalue weighted by Gasteiger charge is 2.16. The van der Waals surface area contributed by atoms with Crippen LogP contribution in [0.5, 0.6) is 0 Å². The van der Waals surface area contributed by atoms with Crippen LogP contribution in [0.2, 0.25) is 0 Å². The molecule has 0 bridgehead atoms. The van der Waals surface area contributed by atoms with Crippen molar-refractivity contribution < 1.29 is 13.6 Å². The van der Waals surface area contributed by atoms with Gasteiger partial charge in [0.1, 0.15) is 17.7 Å². The fourth-order valence-electron chi connectivity index (χ4n) is 1.66. The van der Waals surface area contributed by atoms with Crippen LogP contribution >= 0.6 is 0 Å². The Morgan fingerprint density at radius 2 is 1.63 bits per heavy atom. The van der Waals surface area contributed by atoms with Gasteiger partial charge in [-0.15, -0.1) is 0 Å². The maximum atomic E-state index is 13.0. The summed E-state index contributed by atoms with van der Waals surface area (Å²) >= 11 is 0. The minimum absolute atomic E-state index is 0.0360. The second-order valence-electron chi connectivity index (χ2n) is 4.04. The lowest BCUT2D eigenvalue weighted by atomic mass is 10.1. The van der Waals surface area contributed by atoms with Crippen LogP contribution in [0, 0.1) is 11.6 Å². The third-order valence-electron chi connectivity index (χ3n) is 2.57. The molecule has 0 saturated carbocycles. The van der Waals surface area contributed by atoms with E-state index >= 15 is 0 Å². The van der Waals surface area contributed by atoms with E-state index in [-0.39, 0.29) is 5.69 Å². The summed E-state index contributed by atoms with van der Waals surface area (Å²) in [5, 5.41) is 2.38. The van der Waals surface area contributed by atoms with Crippen molar-refractivity contribution in [2.24, 2.45) is 5.73 Å². The largest absolute Gasteiger partial charge is 0.324 e. The van der Waals surface area contributed by atoms with E-state index in [2.05, 4.69) is 5.32 Å². The summed E-state index contributed by atoms with van der Waals surface area (Å²) in [6.07, 6.45) is 0. The lowest BCUT2D eigenvalue weighted by Gasteiger charge is -2.12. The fourth-order valence-corrected chi connectivity index (χ4v) is 1.66. The van der Waals surface area contributed by atoms with E-state index in [1.165, 1.54) is 0 Å². The van der Waals surface area contributed by atoms with Gasteiger partial charge >= 0.3 is 0 Å². The predicted molar refractivity (Wildman–Crippen MR) is 68.4 cm³/mol. The molecule has 0 fully saturated rings. The van der Waals surface area contributed by atoms with Crippen LogP contribution < -0.4 is 11.1 Å². The molecule has 98 valence electrons. The first kappa shape index (κ1) is 13.2. The maximum Gasteiger partial charge on any atom is 0.245 e. The average molecular weight is 262 g/mol. The van der Waals surface area contributed by atoms with Crippen LogP contribution in [0.15, 0.2) is 48.5 Å². The van der Waals surface area contributed by atoms with Gasteiger partial charge in [0.25, 0.3) is 0 Å². The summed E-state index contributed by atoms with van der Waals surface area (Å²) in [5.41, 5.74) is 6.42. The summed E-state index contributed by atoms with van der Waals surface area (Å²) < 4.78 is 26.0. The molecule has 1 atom stereocenters. The van der Waals surface area contributed by atoms with Gasteiger partial charge in [0.05, 0.1) is 0 Å². The number of nitrogens with one attached hydrogen (secondary N) is 1. The summed E-state index contributed by atoms with van der Waals surface area (Å²) in [5.74, 6) is -2.05. The summed E-state index contributed by atoms with van der Waals surface area (Å²) in [4.78, 5) is 11.9. The van der Waals surface area contributed by atoms with Gasteiger partial charge in [0.15, 0.2) is 0 Å². The van der Waals surface area contributed by atoms with Crippen molar-refractivity contribution in [2.75, 3.05) is 5.32 Å². The number of hydrogen-bond donors (Lipinski definition) is 2. The van der Waals surface area contributed by atoms with Gasteiger partial charge in [-0.3, -0.25) is 4.79 Å². The van der Waals surface area contributed by atoms with Crippen molar-refractivity contribution in [3.05, 3.63) is 65.7 Å². The molecule has 0 spiro atoms. The molecule has 2 aromatic carbocycles. The number of anilines is 1. The van der Waals surface area contributed by atoms with Crippen LogP contribution in [0.25, 0.3) is 0 Å². The standard InChI is InChI=1S/C14H12F2N2O/c15-10-6-11(16)8-12(7-10)18-14(19)13(17)9-4-2-1-3-5-9/h1-8,13H,17H2,(H,18,19)/t13-/m1/s1. The SMILES string of the molecule is N[C@@H](C(=O)Nc1cc(F)cc(F)c1)c1ccccc1. The quantitative estimate of drug-likeness (QED) is 0.893. The summed E-state index contributed by atoms with van der Waals surface area (Å²) in [6.45, 7) is 0. The topological polar surface area (TPSA) is 55.1 Å². The predicted octanol–water partition coefficient (Wildman–Crippen LogP) is 2.60. The normalized spacial score (nSPS) is 11.9. The van der Waals surface area contributed by atoms with Crippen molar-refractivity contribution in [3.63, 3.8) is 0 Å². The van der Waals surface area contributed by atoms with Crippen LogP contribution in [0.1, 0.15) is 11.6 Å². The Balaban J connectivity index is 2.13. The second kappa shape index (κ2) is 5.58. The van der Waals surface area contributed by atoms with Gasteiger partial charge < -0.3 is 11.1 Å². The zero-order valence-corrected chi connectivity index (χ0v) is 9.94. The molecule has 0 aliphatic rings. The van der Waals surface area contributed by atoms with E-state index in [1.54, 1.807) is 30.3 Å². The number of rotatable bonds is 3. The van der Waals surface area contributed by atoms with Crippen molar-refractivity contribution in [1.82, 2.24) is 0 Å². The van der Waals surface area contributed by atoms with E-state index in [0.717, 1.165) is 18.2 Å². The molecule has 3 nitrogen and oxygen atoms in total. The van der Waals surface area contributed by atoms with Gasteiger partial charge in [-0.25, -0.2) is 8.78 Å². The van der Waals surface area contributed by atoms with Gasteiger partial charge in [-0.2, -0.15) is 0 Å². The molecule has 5 heteroatoms. The summed E-state index contributed by atoms with van der Waals surface area (Å²) in [6, 6.07) is 10.6. The Morgan fingerprint density at radius 1 is 1.05 bits per heavy atom. The van der Waals surface area contributed by atoms with Crippen LogP contribution in [-0.2, 0) is 4.79 Å². The molecular formula is C14H12F2N2O. The number of nitrogens with two attached hydrogens (primary N) is 1. The average Bonchev–Trinajstić information content (AvgIpc) is 2.37. The molecule has 0 aliphatic heterocycles. The number of hydrogen-bond acceptors (Lipinski definition) is 2. The van der Waals surface area contributed by atoms with Gasteiger partial charge in [0, 0.05) is 11.8 Å². The van der Waals surface area contributed by atoms with Gasteiger partial charge in [-0.1, -0.05) is 30.3 Å². The molecule has 2 rings (SSSR count). The number of carbonyl (C=O) groups excluding carboxylic acids is 1. The Kier molecular flexibility index (Phi) is 3.87. The molecule has 0 radical (unpaired) electrons. The minimum atomic E-state index is -0.896. The van der Waals surface area contributed by atoms with E-state index in [0.29, 0.717) is 5.56 Å². The highest BCUT2D eigenvalue weighted by atomic mass is 19.1. The first-order chi connectivity index (χ1) is 9.06. The van der Waals surface area contributed by atoms with Crippen LogP contribution in [0.3, 0.4) is 0 Å². The third kappa shape index (κ3) is 3.35. The minimum Gasteiger partial charge on any atom is -0.324 e. The van der Waals surface area contributed by atoms with E-state index in [9.17, 15) is 13.6 Å². The molecule has 1 amide bonds. The number of carbonyl (C=O) groups is 1. The van der Waals surface area contributed by atoms with Gasteiger partial charge in [0.2, 0.25) is 5.91 Å². The number of benzene rings is 2. The van der Waals surface area contributed by atoms with Crippen molar-refractivity contribution in [3.8, 4) is 0 Å². The van der Waals surface area contributed by atoms with Crippen molar-refractivity contribution in [2.45, 2.75) is 6.04 Å². The first-order valence-electron chi connectivity index (χ1n) is 5.64. The summed E-state index contributed by atoms with van der Waals surface area (Å²) in [7, 11) is 0. The molecule has 0 unspecified atom stereocenters. The van der Waals surface area contributed by atoms with Crippen molar-refractivity contribution in [1.29, 1.82) is 0 Å². The zero-order valence-electron chi connectivity index (χ0n) is 9.94. The smallest absolute Gasteiger partial charge is 0.245 e. The first-order valence-corrected chi connectivity index (χ1v) is 5.64. The number of halogens is 2. The molecule has 19 heavy (non-hydrogen) atoms. The second-order valence-corrected chi connectivity index (χ2v) is 4.04. The Bertz CT molecular complexity index is 567. The zero-order chi connectivity index (χ0) is 13.8. The lowest BCUT2D eigenvalue weighted by Crippen LogP contribution is -2.27. The van der Waals surface area contributed by atoms with Crippen molar-refractivity contribution >= 4 is 11.6 Å². The number of amides is 1. The molecule has 3 N–H and O–H groups in total. The van der Waals surface area contributed by atoms with Crippen LogP contribution in [-0.4, -0.2) is 5.91 Å². The molecule has 0 saturated heterocycles. The molecule has 0 aliphatic carbocycles. The molecule has 2 aromatic rings. The molecule has 0 aromatic heterocycles. The van der Waals surface area contributed by atoms with Crippen LogP contribution in [0.4, 0.5) is 14.5 Å². The van der Waals surface area contributed by atoms with E-state index in [4.69, 9.17) is 5.73 Å². The van der Waals surface area contributed by atoms with E-state index < -0.39 is 23.6 Å². The highest BCUT2D eigenvalue weighted by molar-refractivity contribution is 5.95. The Labute approximate surface area is 109 Å². The van der Waals surface area contributed by atoms with Gasteiger partial charge in [-0.05, 0) is 17.7 Å². The Morgan fingerprint density at radius 3 is 2.21 bits per heavy atom. The third-order valence-corrected chi connectivity index (χ3v) is 2.57. The maximum absolute atomic E-state index is 13.0. The molecule has 0 heterocycles. The van der Waals surface area contributed by atoms with E-state index in [1.807, 2.05) is 0 Å². The fraction of sp³-hybridized carbons (Fsp3) is 0.0714. The molecular weight excluding hydrogens is 250 g/mol. The highest BCUT2D eigenvalue weighted by Crippen LogP contribution is 2.16.